The second-order valence-corrected chi connectivity index (χ2v) is 15.0. The number of aryl methyl sites for hydroxylation is 1. The van der Waals surface area contributed by atoms with E-state index >= 15 is 0 Å². The van der Waals surface area contributed by atoms with Crippen LogP contribution in [0, 0.1) is 18.3 Å². The number of carbonyl (C=O) groups excluding carboxylic acids is 1. The zero-order valence-corrected chi connectivity index (χ0v) is 28.3. The van der Waals surface area contributed by atoms with Crippen molar-refractivity contribution in [1.82, 2.24) is 20.3 Å². The van der Waals surface area contributed by atoms with Gasteiger partial charge in [0.2, 0.25) is 5.89 Å². The van der Waals surface area contributed by atoms with Crippen molar-refractivity contribution >= 4 is 22.4 Å². The maximum atomic E-state index is 14.0. The molecular formula is C39H38F3N5O4. The molecule has 4 aliphatic rings. The van der Waals surface area contributed by atoms with Gasteiger partial charge < -0.3 is 18.6 Å². The highest BCUT2D eigenvalue weighted by Crippen LogP contribution is 2.55. The lowest BCUT2D eigenvalue weighted by Gasteiger charge is -2.53. The summed E-state index contributed by atoms with van der Waals surface area (Å²) >= 11 is 0. The number of pyridine rings is 1. The van der Waals surface area contributed by atoms with Gasteiger partial charge in [-0.05, 0) is 99.8 Å². The topological polar surface area (TPSA) is 107 Å². The maximum absolute atomic E-state index is 14.0. The van der Waals surface area contributed by atoms with E-state index in [-0.39, 0.29) is 34.6 Å². The van der Waals surface area contributed by atoms with Crippen LogP contribution in [0.4, 0.5) is 18.9 Å². The molecule has 9 nitrogen and oxygen atoms in total. The van der Waals surface area contributed by atoms with Gasteiger partial charge in [0.1, 0.15) is 22.9 Å². The third-order valence-electron chi connectivity index (χ3n) is 11.4. The number of carbonyl (C=O) groups is 1. The van der Waals surface area contributed by atoms with Crippen molar-refractivity contribution in [1.29, 1.82) is 0 Å². The van der Waals surface area contributed by atoms with E-state index in [4.69, 9.17) is 13.7 Å². The normalized spacial score (nSPS) is 19.3. The fourth-order valence-corrected chi connectivity index (χ4v) is 8.34. The fourth-order valence-electron chi connectivity index (χ4n) is 8.34. The summed E-state index contributed by atoms with van der Waals surface area (Å²) in [4.78, 5) is 20.2. The largest absolute Gasteiger partial charge is 0.490 e. The van der Waals surface area contributed by atoms with Crippen LogP contribution in [0.25, 0.3) is 22.2 Å². The SMILES string of the molecule is Cc1nnc(C(=O)c2cc(OC3CCC3)c3cc(N4CCC5(CC4)CC(Cc4c(-c6ccccc6C(F)(F)F)noc4C4CC4)C5)ccc3n2)o1. The van der Waals surface area contributed by atoms with Crippen LogP contribution in [0.5, 0.6) is 5.75 Å². The second-order valence-electron chi connectivity index (χ2n) is 15.0. The van der Waals surface area contributed by atoms with Crippen LogP contribution in [0.2, 0.25) is 0 Å². The molecule has 0 unspecified atom stereocenters. The molecule has 12 heteroatoms. The van der Waals surface area contributed by atoms with Gasteiger partial charge in [0.15, 0.2) is 0 Å². The summed E-state index contributed by atoms with van der Waals surface area (Å²) in [6.07, 6.45) is 5.59. The first kappa shape index (κ1) is 32.2. The summed E-state index contributed by atoms with van der Waals surface area (Å²) in [7, 11) is 0. The minimum atomic E-state index is -4.47. The smallest absolute Gasteiger partial charge is 0.417 e. The van der Waals surface area contributed by atoms with Crippen LogP contribution in [0.3, 0.4) is 0 Å². The number of fused-ring (bicyclic) bond motifs is 1. The molecule has 1 spiro atoms. The van der Waals surface area contributed by atoms with Crippen molar-refractivity contribution in [3.05, 3.63) is 82.9 Å². The number of ether oxygens (including phenoxy) is 1. The first-order valence-electron chi connectivity index (χ1n) is 18.0. The van der Waals surface area contributed by atoms with Gasteiger partial charge in [-0.2, -0.15) is 13.2 Å². The number of aromatic nitrogens is 4. The lowest BCUT2D eigenvalue weighted by Crippen LogP contribution is -2.47. The van der Waals surface area contributed by atoms with E-state index in [1.807, 2.05) is 6.07 Å². The van der Waals surface area contributed by atoms with Gasteiger partial charge in [0, 0.05) is 54.2 Å². The highest BCUT2D eigenvalue weighted by atomic mass is 19.4. The molecule has 1 saturated heterocycles. The first-order chi connectivity index (χ1) is 24.6. The van der Waals surface area contributed by atoms with E-state index < -0.39 is 17.5 Å². The Balaban J connectivity index is 0.903. The molecule has 4 fully saturated rings. The number of hydrogen-bond acceptors (Lipinski definition) is 9. The van der Waals surface area contributed by atoms with Gasteiger partial charge in [0.05, 0.1) is 17.2 Å². The Morgan fingerprint density at radius 1 is 1.02 bits per heavy atom. The number of piperidine rings is 1. The third-order valence-corrected chi connectivity index (χ3v) is 11.4. The molecule has 0 bridgehead atoms. The number of alkyl halides is 3. The average Bonchev–Trinajstić information content (AvgIpc) is 3.71. The molecule has 3 aromatic heterocycles. The Bertz CT molecular complexity index is 2120. The van der Waals surface area contributed by atoms with Crippen molar-refractivity contribution in [2.75, 3.05) is 18.0 Å². The number of benzene rings is 2. The zero-order valence-electron chi connectivity index (χ0n) is 28.3. The maximum Gasteiger partial charge on any atom is 0.417 e. The third kappa shape index (κ3) is 6.06. The average molecular weight is 698 g/mol. The van der Waals surface area contributed by atoms with Gasteiger partial charge >= 0.3 is 6.18 Å². The van der Waals surface area contributed by atoms with Crippen LogP contribution in [0.1, 0.15) is 103 Å². The fraction of sp³-hybridized carbons (Fsp3) is 0.462. The number of anilines is 1. The van der Waals surface area contributed by atoms with Crippen LogP contribution >= 0.6 is 0 Å². The highest BCUT2D eigenvalue weighted by molar-refractivity contribution is 6.06. The number of halogens is 3. The number of rotatable bonds is 9. The van der Waals surface area contributed by atoms with Crippen LogP contribution in [-0.2, 0) is 12.6 Å². The Hall–Kier alpha value is -4.74. The predicted molar refractivity (Wildman–Crippen MR) is 182 cm³/mol. The van der Waals surface area contributed by atoms with Crippen molar-refractivity contribution in [3.8, 4) is 17.0 Å². The van der Waals surface area contributed by atoms with Crippen LogP contribution < -0.4 is 9.64 Å². The van der Waals surface area contributed by atoms with E-state index in [2.05, 4.69) is 37.4 Å². The molecule has 9 rings (SSSR count). The predicted octanol–water partition coefficient (Wildman–Crippen LogP) is 8.88. The monoisotopic (exact) mass is 697 g/mol. The number of ketones is 1. The lowest BCUT2D eigenvalue weighted by molar-refractivity contribution is -0.137. The molecule has 5 aromatic rings. The van der Waals surface area contributed by atoms with E-state index in [9.17, 15) is 18.0 Å². The summed E-state index contributed by atoms with van der Waals surface area (Å²) in [6, 6.07) is 13.5. The Morgan fingerprint density at radius 2 is 1.80 bits per heavy atom. The molecule has 0 N–H and O–H groups in total. The molecule has 1 aliphatic heterocycles. The number of nitrogens with zero attached hydrogens (tertiary/aromatic N) is 5. The summed E-state index contributed by atoms with van der Waals surface area (Å²) in [6.45, 7) is 3.45. The highest BCUT2D eigenvalue weighted by Gasteiger charge is 2.47. The minimum absolute atomic E-state index is 0.0944. The number of hydrogen-bond donors (Lipinski definition) is 0. The Morgan fingerprint density at radius 3 is 2.49 bits per heavy atom. The molecule has 51 heavy (non-hydrogen) atoms. The quantitative estimate of drug-likeness (QED) is 0.140. The van der Waals surface area contributed by atoms with Crippen LogP contribution in [0.15, 0.2) is 57.5 Å². The molecule has 0 atom stereocenters. The molecule has 2 aromatic carbocycles. The minimum Gasteiger partial charge on any atom is -0.490 e. The van der Waals surface area contributed by atoms with Gasteiger partial charge in [-0.15, -0.1) is 10.2 Å². The van der Waals surface area contributed by atoms with Crippen molar-refractivity contribution < 1.29 is 31.6 Å². The van der Waals surface area contributed by atoms with Gasteiger partial charge in [0.25, 0.3) is 11.7 Å². The molecule has 0 radical (unpaired) electrons. The van der Waals surface area contributed by atoms with Crippen molar-refractivity contribution in [3.63, 3.8) is 0 Å². The summed E-state index contributed by atoms with van der Waals surface area (Å²) in [5.74, 6) is 1.85. The van der Waals surface area contributed by atoms with Crippen LogP contribution in [-0.4, -0.2) is 45.3 Å². The summed E-state index contributed by atoms with van der Waals surface area (Å²) in [5, 5.41) is 12.8. The van der Waals surface area contributed by atoms with E-state index in [1.54, 1.807) is 19.1 Å². The van der Waals surface area contributed by atoms with Gasteiger partial charge in [-0.3, -0.25) is 4.79 Å². The second kappa shape index (κ2) is 12.2. The summed E-state index contributed by atoms with van der Waals surface area (Å²) < 4.78 is 59.4. The molecule has 3 saturated carbocycles. The molecule has 3 aliphatic carbocycles. The Kier molecular flexibility index (Phi) is 7.70. The molecular weight excluding hydrogens is 659 g/mol. The standard InChI is InChI=1S/C39H38F3N5O4/c1-22-44-45-37(49-22)35(48)32-19-33(50-26-5-4-6-26)28-18-25(11-12-31(28)43-32)47-15-13-38(14-16-47)20-23(21-38)17-29-34(46-51-36(29)24-9-10-24)27-7-2-3-8-30(27)39(40,41)42/h2-3,7-8,11-12,18-19,23-24,26H,4-6,9-10,13-17,20-21H2,1H3. The van der Waals surface area contributed by atoms with Crippen molar-refractivity contribution in [2.24, 2.45) is 11.3 Å². The van der Waals surface area contributed by atoms with Gasteiger partial charge in [-0.1, -0.05) is 23.4 Å². The lowest BCUT2D eigenvalue weighted by atomic mass is 9.56. The zero-order chi connectivity index (χ0) is 34.9. The summed E-state index contributed by atoms with van der Waals surface area (Å²) in [5.41, 5.74) is 2.87. The molecule has 264 valence electrons. The van der Waals surface area contributed by atoms with Gasteiger partial charge in [-0.25, -0.2) is 4.98 Å². The molecule has 0 amide bonds. The first-order valence-corrected chi connectivity index (χ1v) is 18.0. The Labute approximate surface area is 292 Å². The van der Waals surface area contributed by atoms with E-state index in [0.717, 1.165) is 99.3 Å². The van der Waals surface area contributed by atoms with E-state index in [1.165, 1.54) is 12.1 Å². The molecule has 4 heterocycles. The van der Waals surface area contributed by atoms with Crippen molar-refractivity contribution in [2.45, 2.75) is 89.3 Å². The van der Waals surface area contributed by atoms with E-state index in [0.29, 0.717) is 35.2 Å².